The number of anilines is 1. The molecule has 0 spiro atoms. The Hall–Kier alpha value is -2.91. The summed E-state index contributed by atoms with van der Waals surface area (Å²) in [5.41, 5.74) is 0.399. The first kappa shape index (κ1) is 12.5. The average Bonchev–Trinajstić information content (AvgIpc) is 2.97. The summed E-state index contributed by atoms with van der Waals surface area (Å²) in [5.74, 6) is -0.485. The van der Waals surface area contributed by atoms with Crippen molar-refractivity contribution in [1.82, 2.24) is 30.3 Å². The van der Waals surface area contributed by atoms with E-state index < -0.39 is 12.0 Å². The second-order valence-corrected chi connectivity index (χ2v) is 3.56. The molecule has 2 heterocycles. The monoisotopic (exact) mass is 265 g/mol. The lowest BCUT2D eigenvalue weighted by Crippen LogP contribution is -2.28. The summed E-state index contributed by atoms with van der Waals surface area (Å²) in [6.07, 6.45) is 4.12. The molecule has 0 saturated carbocycles. The molecule has 2 aromatic heterocycles. The minimum atomic E-state index is -1.01. The number of aliphatic carboxylic acids is 1. The third kappa shape index (κ3) is 3.80. The maximum atomic E-state index is 11.5. The van der Waals surface area contributed by atoms with Crippen molar-refractivity contribution in [3.8, 4) is 0 Å². The van der Waals surface area contributed by atoms with Crippen LogP contribution in [0.5, 0.6) is 0 Å². The fraction of sp³-hybridized carbons (Fsp3) is 0.222. The minimum absolute atomic E-state index is 0.203. The lowest BCUT2D eigenvalue weighted by molar-refractivity contribution is -0.137. The summed E-state index contributed by atoms with van der Waals surface area (Å²) >= 11 is 0. The molecule has 0 radical (unpaired) electrons. The van der Waals surface area contributed by atoms with Gasteiger partial charge in [0.25, 0.3) is 0 Å². The van der Waals surface area contributed by atoms with Gasteiger partial charge < -0.3 is 15.7 Å². The molecule has 0 aliphatic carbocycles. The van der Waals surface area contributed by atoms with Crippen LogP contribution in [0.2, 0.25) is 0 Å². The molecule has 0 aliphatic rings. The average molecular weight is 265 g/mol. The van der Waals surface area contributed by atoms with E-state index in [1.54, 1.807) is 0 Å². The van der Waals surface area contributed by atoms with Crippen LogP contribution in [-0.4, -0.2) is 42.1 Å². The van der Waals surface area contributed by atoms with E-state index in [2.05, 4.69) is 30.9 Å². The van der Waals surface area contributed by atoms with Crippen LogP contribution >= 0.6 is 0 Å². The number of carboxylic acid groups (broad SMARTS) is 1. The Morgan fingerprint density at radius 2 is 2.32 bits per heavy atom. The predicted octanol–water partition coefficient (Wildman–Crippen LogP) is -0.593. The zero-order valence-corrected chi connectivity index (χ0v) is 9.70. The van der Waals surface area contributed by atoms with Gasteiger partial charge in [0.2, 0.25) is 0 Å². The molecule has 2 aromatic rings. The van der Waals surface area contributed by atoms with Crippen LogP contribution in [0, 0.1) is 0 Å². The summed E-state index contributed by atoms with van der Waals surface area (Å²) in [6, 6.07) is -0.453. The van der Waals surface area contributed by atoms with Gasteiger partial charge in [-0.15, -0.1) is 0 Å². The number of urea groups is 1. The molecule has 0 saturated heterocycles. The Balaban J connectivity index is 1.81. The van der Waals surface area contributed by atoms with Gasteiger partial charge in [0, 0.05) is 6.20 Å². The Morgan fingerprint density at radius 3 is 3.00 bits per heavy atom. The van der Waals surface area contributed by atoms with Gasteiger partial charge in [-0.3, -0.25) is 14.6 Å². The number of rotatable bonds is 5. The number of nitrogens with zero attached hydrogens (tertiary/aromatic N) is 4. The highest BCUT2D eigenvalue weighted by Crippen LogP contribution is 2.04. The molecule has 100 valence electrons. The SMILES string of the molecule is O=C(O)Cn1cc(NC(=O)NCc2ncn[nH]2)cn1. The van der Waals surface area contributed by atoms with E-state index in [1.165, 1.54) is 23.4 Å². The van der Waals surface area contributed by atoms with Crippen LogP contribution < -0.4 is 10.6 Å². The second kappa shape index (κ2) is 5.62. The zero-order chi connectivity index (χ0) is 13.7. The lowest BCUT2D eigenvalue weighted by atomic mass is 10.5. The molecule has 0 fully saturated rings. The van der Waals surface area contributed by atoms with Crippen molar-refractivity contribution in [3.63, 3.8) is 0 Å². The summed E-state index contributed by atoms with van der Waals surface area (Å²) in [7, 11) is 0. The maximum Gasteiger partial charge on any atom is 0.325 e. The Labute approximate surface area is 106 Å². The number of aromatic nitrogens is 5. The molecule has 0 aromatic carbocycles. The second-order valence-electron chi connectivity index (χ2n) is 3.56. The van der Waals surface area contributed by atoms with Gasteiger partial charge >= 0.3 is 12.0 Å². The molecular formula is C9H11N7O3. The van der Waals surface area contributed by atoms with Crippen LogP contribution in [0.1, 0.15) is 5.82 Å². The highest BCUT2D eigenvalue weighted by molar-refractivity contribution is 5.88. The fourth-order valence-electron chi connectivity index (χ4n) is 1.31. The van der Waals surface area contributed by atoms with Gasteiger partial charge in [0.15, 0.2) is 0 Å². The van der Waals surface area contributed by atoms with E-state index in [9.17, 15) is 9.59 Å². The first-order valence-electron chi connectivity index (χ1n) is 5.27. The fourth-order valence-corrected chi connectivity index (χ4v) is 1.31. The minimum Gasteiger partial charge on any atom is -0.480 e. The Bertz CT molecular complexity index is 562. The number of hydrogen-bond acceptors (Lipinski definition) is 5. The third-order valence-electron chi connectivity index (χ3n) is 2.07. The molecule has 10 nitrogen and oxygen atoms in total. The number of carboxylic acids is 1. The maximum absolute atomic E-state index is 11.5. The molecule has 4 N–H and O–H groups in total. The summed E-state index contributed by atoms with van der Waals surface area (Å²) in [4.78, 5) is 25.8. The van der Waals surface area contributed by atoms with Gasteiger partial charge in [-0.1, -0.05) is 0 Å². The quantitative estimate of drug-likeness (QED) is 0.570. The standard InChI is InChI=1S/C9H11N7O3/c17-8(18)4-16-3-6(1-13-16)14-9(19)10-2-7-11-5-12-15-7/h1,3,5H,2,4H2,(H,17,18)(H2,10,14,19)(H,11,12,15). The molecule has 2 amide bonds. The first-order chi connectivity index (χ1) is 9.13. The van der Waals surface area contributed by atoms with Gasteiger partial charge in [-0.2, -0.15) is 10.2 Å². The number of aromatic amines is 1. The van der Waals surface area contributed by atoms with Crippen LogP contribution in [0.25, 0.3) is 0 Å². The van der Waals surface area contributed by atoms with Gasteiger partial charge in [0.1, 0.15) is 18.7 Å². The lowest BCUT2D eigenvalue weighted by Gasteiger charge is -2.03. The van der Waals surface area contributed by atoms with E-state index in [0.29, 0.717) is 11.5 Å². The topological polar surface area (TPSA) is 138 Å². The largest absolute Gasteiger partial charge is 0.480 e. The first-order valence-corrected chi connectivity index (χ1v) is 5.27. The number of carbonyl (C=O) groups excluding carboxylic acids is 1. The van der Waals surface area contributed by atoms with E-state index in [4.69, 9.17) is 5.11 Å². The number of H-pyrrole nitrogens is 1. The van der Waals surface area contributed by atoms with Crippen LogP contribution in [0.15, 0.2) is 18.7 Å². The molecule has 19 heavy (non-hydrogen) atoms. The van der Waals surface area contributed by atoms with Crippen LogP contribution in [-0.2, 0) is 17.9 Å². The van der Waals surface area contributed by atoms with E-state index in [1.807, 2.05) is 0 Å². The summed E-state index contributed by atoms with van der Waals surface area (Å²) in [6.45, 7) is -0.0591. The van der Waals surface area contributed by atoms with Gasteiger partial charge in [-0.05, 0) is 0 Å². The van der Waals surface area contributed by atoms with Gasteiger partial charge in [0.05, 0.1) is 18.4 Å². The number of hydrogen-bond donors (Lipinski definition) is 4. The van der Waals surface area contributed by atoms with Crippen molar-refractivity contribution in [3.05, 3.63) is 24.5 Å². The smallest absolute Gasteiger partial charge is 0.325 e. The predicted molar refractivity (Wildman–Crippen MR) is 62.1 cm³/mol. The van der Waals surface area contributed by atoms with Crippen LogP contribution in [0.3, 0.4) is 0 Å². The van der Waals surface area contributed by atoms with Crippen molar-refractivity contribution < 1.29 is 14.7 Å². The molecular weight excluding hydrogens is 254 g/mol. The number of nitrogens with one attached hydrogen (secondary N) is 3. The molecule has 0 unspecified atom stereocenters. The summed E-state index contributed by atoms with van der Waals surface area (Å²) in [5, 5.41) is 23.6. The molecule has 10 heteroatoms. The highest BCUT2D eigenvalue weighted by Gasteiger charge is 2.06. The summed E-state index contributed by atoms with van der Waals surface area (Å²) < 4.78 is 1.20. The van der Waals surface area contributed by atoms with Gasteiger partial charge in [-0.25, -0.2) is 9.78 Å². The normalized spacial score (nSPS) is 10.1. The van der Waals surface area contributed by atoms with Crippen molar-refractivity contribution in [2.24, 2.45) is 0 Å². The molecule has 2 rings (SSSR count). The number of amides is 2. The van der Waals surface area contributed by atoms with Crippen molar-refractivity contribution in [2.45, 2.75) is 13.1 Å². The van der Waals surface area contributed by atoms with Crippen LogP contribution in [0.4, 0.5) is 10.5 Å². The van der Waals surface area contributed by atoms with E-state index in [-0.39, 0.29) is 13.1 Å². The molecule has 0 bridgehead atoms. The van der Waals surface area contributed by atoms with Crippen molar-refractivity contribution in [1.29, 1.82) is 0 Å². The number of carbonyl (C=O) groups is 2. The zero-order valence-electron chi connectivity index (χ0n) is 9.70. The van der Waals surface area contributed by atoms with Crippen molar-refractivity contribution in [2.75, 3.05) is 5.32 Å². The molecule has 0 aliphatic heterocycles. The highest BCUT2D eigenvalue weighted by atomic mass is 16.4. The third-order valence-corrected chi connectivity index (χ3v) is 2.07. The molecule has 0 atom stereocenters. The van der Waals surface area contributed by atoms with Crippen molar-refractivity contribution >= 4 is 17.7 Å². The Morgan fingerprint density at radius 1 is 1.47 bits per heavy atom. The van der Waals surface area contributed by atoms with E-state index >= 15 is 0 Å². The van der Waals surface area contributed by atoms with E-state index in [0.717, 1.165) is 0 Å². The Kier molecular flexibility index (Phi) is 3.71.